The molecule has 0 aliphatic carbocycles. The molecule has 0 spiro atoms. The van der Waals surface area contributed by atoms with Crippen LogP contribution in [0.25, 0.3) is 0 Å². The van der Waals surface area contributed by atoms with Crippen LogP contribution in [0.15, 0.2) is 36.8 Å². The number of amides is 1. The predicted octanol–water partition coefficient (Wildman–Crippen LogP) is 0.976. The number of likely N-dealkylation sites (N-methyl/N-ethyl adjacent to an activating group) is 1. The number of hydrogen-bond acceptors (Lipinski definition) is 7. The first-order valence-corrected chi connectivity index (χ1v) is 9.99. The van der Waals surface area contributed by atoms with Gasteiger partial charge in [-0.3, -0.25) is 4.79 Å². The summed E-state index contributed by atoms with van der Waals surface area (Å²) in [7, 11) is 0. The number of piperazine rings is 2. The third kappa shape index (κ3) is 4.06. The van der Waals surface area contributed by atoms with Crippen LogP contribution in [0, 0.1) is 0 Å². The maximum atomic E-state index is 12.8. The molecule has 8 nitrogen and oxygen atoms in total. The Morgan fingerprint density at radius 1 is 0.893 bits per heavy atom. The molecule has 2 aliphatic heterocycles. The van der Waals surface area contributed by atoms with Crippen LogP contribution in [-0.2, 0) is 0 Å². The molecule has 0 bridgehead atoms. The highest BCUT2D eigenvalue weighted by Gasteiger charge is 2.24. The van der Waals surface area contributed by atoms with Gasteiger partial charge in [-0.25, -0.2) is 15.0 Å². The van der Waals surface area contributed by atoms with Crippen molar-refractivity contribution in [2.24, 2.45) is 0 Å². The highest BCUT2D eigenvalue weighted by Crippen LogP contribution is 2.18. The maximum Gasteiger partial charge on any atom is 0.272 e. The smallest absolute Gasteiger partial charge is 0.272 e. The lowest BCUT2D eigenvalue weighted by Crippen LogP contribution is -2.49. The molecule has 148 valence electrons. The van der Waals surface area contributed by atoms with Crippen molar-refractivity contribution in [1.29, 1.82) is 0 Å². The molecule has 4 rings (SSSR count). The van der Waals surface area contributed by atoms with Gasteiger partial charge in [-0.1, -0.05) is 13.0 Å². The Labute approximate surface area is 165 Å². The Kier molecular flexibility index (Phi) is 5.66. The molecule has 0 unspecified atom stereocenters. The minimum atomic E-state index is 0.00604. The summed E-state index contributed by atoms with van der Waals surface area (Å²) in [6, 6.07) is 7.82. The summed E-state index contributed by atoms with van der Waals surface area (Å²) in [6.45, 7) is 10.0. The number of rotatable bonds is 4. The Morgan fingerprint density at radius 3 is 2.25 bits per heavy atom. The maximum absolute atomic E-state index is 12.8. The van der Waals surface area contributed by atoms with Gasteiger partial charge >= 0.3 is 0 Å². The number of carbonyl (C=O) groups excluding carboxylic acids is 1. The van der Waals surface area contributed by atoms with Crippen molar-refractivity contribution in [3.63, 3.8) is 0 Å². The zero-order valence-electron chi connectivity index (χ0n) is 16.4. The second kappa shape index (κ2) is 8.52. The summed E-state index contributed by atoms with van der Waals surface area (Å²) in [6.07, 6.45) is 3.33. The van der Waals surface area contributed by atoms with Crippen molar-refractivity contribution in [1.82, 2.24) is 24.8 Å². The zero-order valence-corrected chi connectivity index (χ0v) is 16.4. The van der Waals surface area contributed by atoms with E-state index in [0.29, 0.717) is 5.69 Å². The number of carbonyl (C=O) groups is 1. The molecule has 1 amide bonds. The molecule has 0 saturated carbocycles. The molecule has 0 radical (unpaired) electrons. The molecule has 8 heteroatoms. The molecular formula is C20H27N7O. The molecule has 0 N–H and O–H groups in total. The van der Waals surface area contributed by atoms with E-state index in [0.717, 1.165) is 70.5 Å². The first-order chi connectivity index (χ1) is 13.7. The van der Waals surface area contributed by atoms with Crippen LogP contribution in [-0.4, -0.2) is 89.6 Å². The van der Waals surface area contributed by atoms with E-state index in [4.69, 9.17) is 0 Å². The Morgan fingerprint density at radius 2 is 1.61 bits per heavy atom. The number of hydrogen-bond donors (Lipinski definition) is 0. The van der Waals surface area contributed by atoms with Crippen molar-refractivity contribution in [3.05, 3.63) is 42.5 Å². The Bertz CT molecular complexity index is 784. The summed E-state index contributed by atoms with van der Waals surface area (Å²) in [5.41, 5.74) is 0.488. The number of aromatic nitrogens is 3. The van der Waals surface area contributed by atoms with Crippen LogP contribution in [0.3, 0.4) is 0 Å². The SMILES string of the molecule is CCN1CCN(C(=O)c2cc(N3CCN(c4ccccn4)CC3)ncn2)CC1. The summed E-state index contributed by atoms with van der Waals surface area (Å²) in [5.74, 6) is 1.84. The number of pyridine rings is 1. The van der Waals surface area contributed by atoms with Crippen molar-refractivity contribution in [3.8, 4) is 0 Å². The Balaban J connectivity index is 1.38. The minimum absolute atomic E-state index is 0.00604. The molecule has 0 aromatic carbocycles. The van der Waals surface area contributed by atoms with Gasteiger partial charge < -0.3 is 19.6 Å². The fraction of sp³-hybridized carbons (Fsp3) is 0.500. The van der Waals surface area contributed by atoms with Crippen LogP contribution in [0.1, 0.15) is 17.4 Å². The molecule has 2 aliphatic rings. The van der Waals surface area contributed by atoms with E-state index < -0.39 is 0 Å². The van der Waals surface area contributed by atoms with E-state index in [1.165, 1.54) is 6.33 Å². The van der Waals surface area contributed by atoms with Gasteiger partial charge in [0, 0.05) is 64.6 Å². The predicted molar refractivity (Wildman–Crippen MR) is 109 cm³/mol. The van der Waals surface area contributed by atoms with Crippen molar-refractivity contribution < 1.29 is 4.79 Å². The molecule has 2 aromatic rings. The van der Waals surface area contributed by atoms with Crippen LogP contribution in [0.5, 0.6) is 0 Å². The minimum Gasteiger partial charge on any atom is -0.353 e. The third-order valence-electron chi connectivity index (χ3n) is 5.56. The summed E-state index contributed by atoms with van der Waals surface area (Å²) in [4.78, 5) is 34.7. The van der Waals surface area contributed by atoms with E-state index in [1.807, 2.05) is 35.4 Å². The zero-order chi connectivity index (χ0) is 19.3. The highest BCUT2D eigenvalue weighted by atomic mass is 16.2. The van der Waals surface area contributed by atoms with Crippen LogP contribution >= 0.6 is 0 Å². The van der Waals surface area contributed by atoms with Gasteiger partial charge in [-0.2, -0.15) is 0 Å². The quantitative estimate of drug-likeness (QED) is 0.782. The summed E-state index contributed by atoms with van der Waals surface area (Å²) in [5, 5.41) is 0. The van der Waals surface area contributed by atoms with E-state index in [2.05, 4.69) is 36.6 Å². The number of anilines is 2. The largest absolute Gasteiger partial charge is 0.353 e. The molecule has 2 saturated heterocycles. The number of nitrogens with zero attached hydrogens (tertiary/aromatic N) is 7. The van der Waals surface area contributed by atoms with E-state index in [9.17, 15) is 4.79 Å². The lowest BCUT2D eigenvalue weighted by molar-refractivity contribution is 0.0637. The van der Waals surface area contributed by atoms with Gasteiger partial charge in [0.15, 0.2) is 0 Å². The molecule has 28 heavy (non-hydrogen) atoms. The monoisotopic (exact) mass is 381 g/mol. The third-order valence-corrected chi connectivity index (χ3v) is 5.56. The molecular weight excluding hydrogens is 354 g/mol. The van der Waals surface area contributed by atoms with Crippen molar-refractivity contribution in [2.45, 2.75) is 6.92 Å². The van der Waals surface area contributed by atoms with Gasteiger partial charge in [-0.15, -0.1) is 0 Å². The standard InChI is InChI=1S/C20H27N7O/c1-2-24-7-9-27(10-8-24)20(28)17-15-19(23-16-22-17)26-13-11-25(12-14-26)18-5-3-4-6-21-18/h3-6,15-16H,2,7-14H2,1H3. The van der Waals surface area contributed by atoms with E-state index in [-0.39, 0.29) is 5.91 Å². The van der Waals surface area contributed by atoms with Crippen molar-refractivity contribution >= 4 is 17.5 Å². The second-order valence-electron chi connectivity index (χ2n) is 7.15. The molecule has 2 fully saturated rings. The first kappa shape index (κ1) is 18.6. The van der Waals surface area contributed by atoms with Gasteiger partial charge in [-0.05, 0) is 18.7 Å². The van der Waals surface area contributed by atoms with Gasteiger partial charge in [0.05, 0.1) is 0 Å². The van der Waals surface area contributed by atoms with E-state index in [1.54, 1.807) is 0 Å². The molecule has 4 heterocycles. The molecule has 2 aromatic heterocycles. The normalized spacial score (nSPS) is 18.4. The van der Waals surface area contributed by atoms with E-state index >= 15 is 0 Å². The average molecular weight is 381 g/mol. The van der Waals surface area contributed by atoms with Crippen LogP contribution < -0.4 is 9.80 Å². The highest BCUT2D eigenvalue weighted by molar-refractivity contribution is 5.93. The fourth-order valence-corrected chi connectivity index (χ4v) is 3.77. The van der Waals surface area contributed by atoms with Gasteiger partial charge in [0.2, 0.25) is 0 Å². The van der Waals surface area contributed by atoms with Crippen LogP contribution in [0.2, 0.25) is 0 Å². The lowest BCUT2D eigenvalue weighted by atomic mass is 10.2. The van der Waals surface area contributed by atoms with Crippen LogP contribution in [0.4, 0.5) is 11.6 Å². The fourth-order valence-electron chi connectivity index (χ4n) is 3.77. The molecule has 0 atom stereocenters. The second-order valence-corrected chi connectivity index (χ2v) is 7.15. The van der Waals surface area contributed by atoms with Gasteiger partial charge in [0.1, 0.15) is 23.7 Å². The summed E-state index contributed by atoms with van der Waals surface area (Å²) < 4.78 is 0. The summed E-state index contributed by atoms with van der Waals surface area (Å²) >= 11 is 0. The Hall–Kier alpha value is -2.74. The topological polar surface area (TPSA) is 68.7 Å². The lowest BCUT2D eigenvalue weighted by Gasteiger charge is -2.36. The van der Waals surface area contributed by atoms with Gasteiger partial charge in [0.25, 0.3) is 5.91 Å². The van der Waals surface area contributed by atoms with Crippen molar-refractivity contribution in [2.75, 3.05) is 68.7 Å². The first-order valence-electron chi connectivity index (χ1n) is 9.99. The average Bonchev–Trinajstić information content (AvgIpc) is 2.79.